The molecule has 0 bridgehead atoms. The fraction of sp³-hybridized carbons (Fsp3) is 0.417. The predicted octanol–water partition coefficient (Wildman–Crippen LogP) is 1.09. The van der Waals surface area contributed by atoms with E-state index < -0.39 is 10.0 Å². The molecule has 1 aliphatic rings. The molecule has 7 heteroatoms. The summed E-state index contributed by atoms with van der Waals surface area (Å²) in [6.45, 7) is 0. The van der Waals surface area contributed by atoms with Crippen molar-refractivity contribution in [2.24, 2.45) is 0 Å². The molecular weight excluding hydrogens is 264 g/mol. The summed E-state index contributed by atoms with van der Waals surface area (Å²) in [5.41, 5.74) is 6.34. The largest absolute Gasteiger partial charge is 0.381 e. The van der Waals surface area contributed by atoms with Crippen LogP contribution in [0.25, 0.3) is 5.65 Å². The van der Waals surface area contributed by atoms with E-state index >= 15 is 0 Å². The fourth-order valence-electron chi connectivity index (χ4n) is 2.33. The molecule has 0 radical (unpaired) electrons. The number of nitrogens with zero attached hydrogens (tertiary/aromatic N) is 3. The van der Waals surface area contributed by atoms with Crippen molar-refractivity contribution in [1.29, 1.82) is 0 Å². The van der Waals surface area contributed by atoms with Crippen molar-refractivity contribution in [3.05, 3.63) is 24.4 Å². The third-order valence-electron chi connectivity index (χ3n) is 3.72. The molecule has 1 saturated carbocycles. The second-order valence-corrected chi connectivity index (χ2v) is 6.75. The van der Waals surface area contributed by atoms with Crippen LogP contribution in [-0.4, -0.2) is 35.2 Å². The lowest BCUT2D eigenvalue weighted by atomic mass is 9.94. The number of hydrogen-bond donors (Lipinski definition) is 1. The normalized spacial score (nSPS) is 16.9. The van der Waals surface area contributed by atoms with Gasteiger partial charge in [-0.05, 0) is 25.0 Å². The van der Waals surface area contributed by atoms with Gasteiger partial charge in [-0.15, -0.1) is 0 Å². The number of rotatable bonds is 3. The molecule has 19 heavy (non-hydrogen) atoms. The summed E-state index contributed by atoms with van der Waals surface area (Å²) in [4.78, 5) is 4.10. The molecule has 2 N–H and O–H groups in total. The number of fused-ring (bicyclic) bond motifs is 1. The Bertz CT molecular complexity index is 718. The molecule has 2 aromatic rings. The molecule has 6 nitrogen and oxygen atoms in total. The van der Waals surface area contributed by atoms with E-state index in [1.54, 1.807) is 31.4 Å². The van der Waals surface area contributed by atoms with E-state index in [1.807, 2.05) is 0 Å². The van der Waals surface area contributed by atoms with Crippen LogP contribution in [0.3, 0.4) is 0 Å². The lowest BCUT2D eigenvalue weighted by Gasteiger charge is -2.33. The number of anilines is 1. The molecule has 0 spiro atoms. The van der Waals surface area contributed by atoms with E-state index in [2.05, 4.69) is 4.98 Å². The molecule has 2 aromatic heterocycles. The van der Waals surface area contributed by atoms with Crippen LogP contribution >= 0.6 is 0 Å². The van der Waals surface area contributed by atoms with Gasteiger partial charge in [-0.3, -0.25) is 4.40 Å². The minimum absolute atomic E-state index is 0.0531. The van der Waals surface area contributed by atoms with Crippen LogP contribution in [0.2, 0.25) is 0 Å². The summed E-state index contributed by atoms with van der Waals surface area (Å²) in [7, 11) is -1.99. The quantitative estimate of drug-likeness (QED) is 0.912. The van der Waals surface area contributed by atoms with Gasteiger partial charge in [0.1, 0.15) is 5.65 Å². The second kappa shape index (κ2) is 4.21. The van der Waals surface area contributed by atoms with Gasteiger partial charge >= 0.3 is 0 Å². The smallest absolute Gasteiger partial charge is 0.262 e. The maximum Gasteiger partial charge on any atom is 0.262 e. The molecular formula is C12H16N4O2S. The minimum Gasteiger partial charge on any atom is -0.381 e. The van der Waals surface area contributed by atoms with Crippen LogP contribution < -0.4 is 5.73 Å². The topological polar surface area (TPSA) is 80.7 Å². The Hall–Kier alpha value is -1.60. The van der Waals surface area contributed by atoms with Gasteiger partial charge in [-0.2, -0.15) is 4.31 Å². The molecule has 0 aromatic carbocycles. The summed E-state index contributed by atoms with van der Waals surface area (Å²) in [5, 5.41) is 0.0671. The number of imidazole rings is 1. The highest BCUT2D eigenvalue weighted by atomic mass is 32.2. The Balaban J connectivity index is 2.15. The Morgan fingerprint density at radius 3 is 2.79 bits per heavy atom. The maximum atomic E-state index is 12.6. The van der Waals surface area contributed by atoms with Crippen molar-refractivity contribution in [1.82, 2.24) is 13.7 Å². The van der Waals surface area contributed by atoms with Gasteiger partial charge in [0, 0.05) is 19.3 Å². The van der Waals surface area contributed by atoms with Crippen LogP contribution in [0, 0.1) is 0 Å². The third-order valence-corrected chi connectivity index (χ3v) is 5.67. The summed E-state index contributed by atoms with van der Waals surface area (Å²) >= 11 is 0. The zero-order valence-electron chi connectivity index (χ0n) is 10.7. The molecule has 102 valence electrons. The van der Waals surface area contributed by atoms with Crippen LogP contribution in [0.5, 0.6) is 0 Å². The van der Waals surface area contributed by atoms with Crippen molar-refractivity contribution in [3.8, 4) is 0 Å². The first-order valence-corrected chi connectivity index (χ1v) is 7.66. The highest BCUT2D eigenvalue weighted by Crippen LogP contribution is 2.30. The Morgan fingerprint density at radius 2 is 2.16 bits per heavy atom. The summed E-state index contributed by atoms with van der Waals surface area (Å²) in [6.07, 6.45) is 4.56. The number of sulfonamides is 1. The van der Waals surface area contributed by atoms with Gasteiger partial charge in [0.25, 0.3) is 10.0 Å². The van der Waals surface area contributed by atoms with Gasteiger partial charge in [0.15, 0.2) is 10.8 Å². The van der Waals surface area contributed by atoms with E-state index in [0.29, 0.717) is 5.65 Å². The lowest BCUT2D eigenvalue weighted by molar-refractivity contribution is 0.249. The van der Waals surface area contributed by atoms with Crippen LogP contribution in [-0.2, 0) is 10.0 Å². The fourth-order valence-corrected chi connectivity index (χ4v) is 3.92. The van der Waals surface area contributed by atoms with E-state index in [4.69, 9.17) is 5.73 Å². The van der Waals surface area contributed by atoms with Gasteiger partial charge in [0.2, 0.25) is 0 Å². The Labute approximate surface area is 111 Å². The van der Waals surface area contributed by atoms with E-state index in [-0.39, 0.29) is 16.9 Å². The van der Waals surface area contributed by atoms with Crippen molar-refractivity contribution in [2.75, 3.05) is 12.8 Å². The second-order valence-electron chi connectivity index (χ2n) is 4.84. The van der Waals surface area contributed by atoms with E-state index in [1.165, 1.54) is 8.71 Å². The SMILES string of the molecule is CN(C1CCC1)S(=O)(=O)c1c(N)nc2ccccn12. The van der Waals surface area contributed by atoms with Gasteiger partial charge < -0.3 is 5.73 Å². The zero-order valence-corrected chi connectivity index (χ0v) is 11.5. The molecule has 0 atom stereocenters. The van der Waals surface area contributed by atoms with Crippen molar-refractivity contribution < 1.29 is 8.42 Å². The summed E-state index contributed by atoms with van der Waals surface area (Å²) in [5.74, 6) is 0.0531. The van der Waals surface area contributed by atoms with Crippen molar-refractivity contribution >= 4 is 21.5 Å². The monoisotopic (exact) mass is 280 g/mol. The molecule has 0 amide bonds. The number of nitrogen functional groups attached to an aromatic ring is 1. The average molecular weight is 280 g/mol. The molecule has 1 fully saturated rings. The van der Waals surface area contributed by atoms with Gasteiger partial charge in [-0.25, -0.2) is 13.4 Å². The maximum absolute atomic E-state index is 12.6. The van der Waals surface area contributed by atoms with E-state index in [0.717, 1.165) is 19.3 Å². The molecule has 0 unspecified atom stereocenters. The first-order chi connectivity index (χ1) is 9.01. The Kier molecular flexibility index (Phi) is 2.75. The lowest BCUT2D eigenvalue weighted by Crippen LogP contribution is -2.41. The predicted molar refractivity (Wildman–Crippen MR) is 72.2 cm³/mol. The van der Waals surface area contributed by atoms with Gasteiger partial charge in [0.05, 0.1) is 0 Å². The number of aromatic nitrogens is 2. The van der Waals surface area contributed by atoms with Crippen molar-refractivity contribution in [2.45, 2.75) is 30.3 Å². The number of nitrogens with two attached hydrogens (primary N) is 1. The highest BCUT2D eigenvalue weighted by Gasteiger charge is 2.35. The van der Waals surface area contributed by atoms with Crippen LogP contribution in [0.15, 0.2) is 29.4 Å². The first-order valence-electron chi connectivity index (χ1n) is 6.22. The van der Waals surface area contributed by atoms with Crippen molar-refractivity contribution in [3.63, 3.8) is 0 Å². The molecule has 3 rings (SSSR count). The Morgan fingerprint density at radius 1 is 1.42 bits per heavy atom. The summed E-state index contributed by atoms with van der Waals surface area (Å²) in [6, 6.07) is 5.38. The molecule has 0 aliphatic heterocycles. The standard InChI is InChI=1S/C12H16N4O2S/c1-15(9-5-4-6-9)19(17,18)12-11(13)14-10-7-2-3-8-16(10)12/h2-3,7-9H,4-6,13H2,1H3. The summed E-state index contributed by atoms with van der Waals surface area (Å²) < 4.78 is 28.2. The van der Waals surface area contributed by atoms with Crippen LogP contribution in [0.4, 0.5) is 5.82 Å². The third kappa shape index (κ3) is 1.81. The van der Waals surface area contributed by atoms with Crippen LogP contribution in [0.1, 0.15) is 19.3 Å². The molecule has 1 aliphatic carbocycles. The first kappa shape index (κ1) is 12.4. The van der Waals surface area contributed by atoms with Gasteiger partial charge in [-0.1, -0.05) is 12.5 Å². The molecule has 0 saturated heterocycles. The van der Waals surface area contributed by atoms with E-state index in [9.17, 15) is 8.42 Å². The average Bonchev–Trinajstić information content (AvgIpc) is 2.62. The minimum atomic E-state index is -3.60. The molecule has 2 heterocycles. The zero-order chi connectivity index (χ0) is 13.6. The highest BCUT2D eigenvalue weighted by molar-refractivity contribution is 7.89. The number of hydrogen-bond acceptors (Lipinski definition) is 4. The number of pyridine rings is 1.